The molecule has 3 aromatic rings. The van der Waals surface area contributed by atoms with E-state index in [1.807, 2.05) is 0 Å². The van der Waals surface area contributed by atoms with Crippen LogP contribution in [0.25, 0.3) is 10.9 Å². The van der Waals surface area contributed by atoms with Crippen LogP contribution in [0.3, 0.4) is 0 Å². The summed E-state index contributed by atoms with van der Waals surface area (Å²) in [6.45, 7) is -0.752. The summed E-state index contributed by atoms with van der Waals surface area (Å²) in [5, 5.41) is 18.5. The molecule has 11 nitrogen and oxygen atoms in total. The standard InChI is InChI=1S/C24H24ClFN6O5/c25-17-6-3-4-13(21(17)26)10-28-19(33)11-31(15-8-14(9-15)29-24(36)37)20(34)12-32-18-7-2-1-5-16(18)22(30-32)23(27)35/h1-7,14-15,29H,8-12H2,(H2,27,35)(H,28,33)(H,36,37). The van der Waals surface area contributed by atoms with Crippen molar-refractivity contribution in [2.24, 2.45) is 5.73 Å². The topological polar surface area (TPSA) is 160 Å². The largest absolute Gasteiger partial charge is 0.465 e. The average Bonchev–Trinajstić information content (AvgIpc) is 3.19. The first kappa shape index (κ1) is 25.9. The van der Waals surface area contributed by atoms with Crippen molar-refractivity contribution in [1.29, 1.82) is 0 Å². The zero-order valence-corrected chi connectivity index (χ0v) is 20.2. The van der Waals surface area contributed by atoms with Crippen LogP contribution >= 0.6 is 11.6 Å². The van der Waals surface area contributed by atoms with Crippen molar-refractivity contribution in [3.8, 4) is 0 Å². The molecule has 0 atom stereocenters. The first-order valence-electron chi connectivity index (χ1n) is 11.4. The Morgan fingerprint density at radius 2 is 1.89 bits per heavy atom. The van der Waals surface area contributed by atoms with E-state index in [2.05, 4.69) is 15.7 Å². The predicted molar refractivity (Wildman–Crippen MR) is 131 cm³/mol. The highest BCUT2D eigenvalue weighted by Crippen LogP contribution is 2.27. The molecule has 1 aliphatic rings. The van der Waals surface area contributed by atoms with Crippen LogP contribution in [0, 0.1) is 5.82 Å². The number of hydrogen-bond acceptors (Lipinski definition) is 5. The third-order valence-corrected chi connectivity index (χ3v) is 6.49. The first-order chi connectivity index (χ1) is 17.6. The Bertz CT molecular complexity index is 1370. The van der Waals surface area contributed by atoms with Crippen LogP contribution in [0.15, 0.2) is 42.5 Å². The van der Waals surface area contributed by atoms with Gasteiger partial charge in [0.15, 0.2) is 5.69 Å². The van der Waals surface area contributed by atoms with E-state index in [4.69, 9.17) is 22.4 Å². The van der Waals surface area contributed by atoms with Crippen molar-refractivity contribution >= 4 is 46.3 Å². The minimum atomic E-state index is -1.18. The van der Waals surface area contributed by atoms with Crippen molar-refractivity contribution in [3.63, 3.8) is 0 Å². The quantitative estimate of drug-likeness (QED) is 0.330. The van der Waals surface area contributed by atoms with E-state index < -0.39 is 35.7 Å². The lowest BCUT2D eigenvalue weighted by atomic mass is 9.85. The van der Waals surface area contributed by atoms with E-state index in [1.165, 1.54) is 21.7 Å². The van der Waals surface area contributed by atoms with Crippen LogP contribution in [0.2, 0.25) is 5.02 Å². The number of benzene rings is 2. The summed E-state index contributed by atoms with van der Waals surface area (Å²) in [7, 11) is 0. The lowest BCUT2D eigenvalue weighted by molar-refractivity contribution is -0.141. The molecule has 13 heteroatoms. The van der Waals surface area contributed by atoms with Gasteiger partial charge in [0.25, 0.3) is 5.91 Å². The van der Waals surface area contributed by atoms with Gasteiger partial charge in [0.05, 0.1) is 17.1 Å². The van der Waals surface area contributed by atoms with Gasteiger partial charge in [-0.05, 0) is 25.0 Å². The van der Waals surface area contributed by atoms with Gasteiger partial charge in [-0.15, -0.1) is 0 Å². The molecular formula is C24H24ClFN6O5. The van der Waals surface area contributed by atoms with E-state index in [0.717, 1.165) is 0 Å². The molecule has 1 heterocycles. The highest BCUT2D eigenvalue weighted by atomic mass is 35.5. The fourth-order valence-corrected chi connectivity index (χ4v) is 4.49. The molecule has 0 radical (unpaired) electrons. The SMILES string of the molecule is NC(=O)c1nn(CC(=O)N(CC(=O)NCc2cccc(Cl)c2F)C2CC(NC(=O)O)C2)c2ccccc12. The highest BCUT2D eigenvalue weighted by Gasteiger charge is 2.38. The fourth-order valence-electron chi connectivity index (χ4n) is 4.29. The molecule has 4 rings (SSSR count). The minimum Gasteiger partial charge on any atom is -0.465 e. The number of amides is 4. The number of carbonyl (C=O) groups is 4. The third kappa shape index (κ3) is 5.80. The van der Waals surface area contributed by atoms with E-state index in [-0.39, 0.29) is 42.0 Å². The molecule has 0 saturated heterocycles. The Morgan fingerprint density at radius 1 is 1.16 bits per heavy atom. The predicted octanol–water partition coefficient (Wildman–Crippen LogP) is 1.87. The van der Waals surface area contributed by atoms with Crippen molar-refractivity contribution in [2.45, 2.75) is 38.0 Å². The van der Waals surface area contributed by atoms with Crippen molar-refractivity contribution in [1.82, 2.24) is 25.3 Å². The molecule has 0 unspecified atom stereocenters. The number of fused-ring (bicyclic) bond motifs is 1. The van der Waals surface area contributed by atoms with E-state index in [9.17, 15) is 23.6 Å². The maximum absolute atomic E-state index is 14.2. The minimum absolute atomic E-state index is 0.0191. The second-order valence-corrected chi connectivity index (χ2v) is 9.08. The van der Waals surface area contributed by atoms with Gasteiger partial charge in [-0.2, -0.15) is 5.10 Å². The summed E-state index contributed by atoms with van der Waals surface area (Å²) in [6.07, 6.45) is -0.536. The zero-order valence-electron chi connectivity index (χ0n) is 19.5. The number of rotatable bonds is 9. The van der Waals surface area contributed by atoms with Crippen molar-refractivity contribution in [3.05, 3.63) is 64.6 Å². The number of halogens is 2. The molecule has 1 fully saturated rings. The van der Waals surface area contributed by atoms with Gasteiger partial charge in [-0.3, -0.25) is 19.1 Å². The molecule has 2 aromatic carbocycles. The van der Waals surface area contributed by atoms with Crippen LogP contribution in [0.1, 0.15) is 28.9 Å². The molecule has 1 aromatic heterocycles. The second-order valence-electron chi connectivity index (χ2n) is 8.67. The average molecular weight is 531 g/mol. The first-order valence-corrected chi connectivity index (χ1v) is 11.8. The van der Waals surface area contributed by atoms with Crippen LogP contribution < -0.4 is 16.4 Å². The number of carbonyl (C=O) groups excluding carboxylic acids is 3. The number of primary amides is 1. The fraction of sp³-hybridized carbons (Fsp3) is 0.292. The zero-order chi connectivity index (χ0) is 26.7. The highest BCUT2D eigenvalue weighted by molar-refractivity contribution is 6.30. The maximum atomic E-state index is 14.2. The second kappa shape index (κ2) is 10.8. The number of nitrogens with one attached hydrogen (secondary N) is 2. The Balaban J connectivity index is 1.50. The van der Waals surface area contributed by atoms with Crippen LogP contribution in [0.4, 0.5) is 9.18 Å². The Hall–Kier alpha value is -4.19. The van der Waals surface area contributed by atoms with Gasteiger partial charge < -0.3 is 26.4 Å². The molecule has 1 saturated carbocycles. The molecule has 4 amide bonds. The molecule has 194 valence electrons. The molecule has 0 spiro atoms. The van der Waals surface area contributed by atoms with Gasteiger partial charge in [0.2, 0.25) is 11.8 Å². The lowest BCUT2D eigenvalue weighted by Crippen LogP contribution is -2.57. The third-order valence-electron chi connectivity index (χ3n) is 6.20. The van der Waals surface area contributed by atoms with Gasteiger partial charge in [0, 0.05) is 29.6 Å². The van der Waals surface area contributed by atoms with Crippen LogP contribution in [-0.4, -0.2) is 62.2 Å². The lowest BCUT2D eigenvalue weighted by Gasteiger charge is -2.42. The summed E-state index contributed by atoms with van der Waals surface area (Å²) < 4.78 is 15.5. The summed E-state index contributed by atoms with van der Waals surface area (Å²) in [4.78, 5) is 50.2. The van der Waals surface area contributed by atoms with Crippen LogP contribution in [0.5, 0.6) is 0 Å². The smallest absolute Gasteiger partial charge is 0.404 e. The normalized spacial score (nSPS) is 16.6. The molecule has 5 N–H and O–H groups in total. The monoisotopic (exact) mass is 530 g/mol. The molecule has 37 heavy (non-hydrogen) atoms. The summed E-state index contributed by atoms with van der Waals surface area (Å²) in [6, 6.07) is 10.5. The van der Waals surface area contributed by atoms with E-state index >= 15 is 0 Å². The van der Waals surface area contributed by atoms with Crippen molar-refractivity contribution in [2.75, 3.05) is 6.54 Å². The van der Waals surface area contributed by atoms with E-state index in [1.54, 1.807) is 30.3 Å². The summed E-state index contributed by atoms with van der Waals surface area (Å²) in [5.74, 6) is -2.39. The molecule has 0 bridgehead atoms. The maximum Gasteiger partial charge on any atom is 0.404 e. The summed E-state index contributed by atoms with van der Waals surface area (Å²) >= 11 is 5.79. The number of nitrogens with two attached hydrogens (primary N) is 1. The Kier molecular flexibility index (Phi) is 7.58. The van der Waals surface area contributed by atoms with Gasteiger partial charge in [-0.25, -0.2) is 9.18 Å². The van der Waals surface area contributed by atoms with Crippen molar-refractivity contribution < 1.29 is 28.7 Å². The molecule has 0 aliphatic heterocycles. The van der Waals surface area contributed by atoms with Gasteiger partial charge >= 0.3 is 6.09 Å². The number of nitrogens with zero attached hydrogens (tertiary/aromatic N) is 3. The van der Waals surface area contributed by atoms with Gasteiger partial charge in [-0.1, -0.05) is 41.9 Å². The number of carboxylic acid groups (broad SMARTS) is 1. The van der Waals surface area contributed by atoms with Gasteiger partial charge in [0.1, 0.15) is 12.4 Å². The Labute approximate surface area is 215 Å². The number of aromatic nitrogens is 2. The van der Waals surface area contributed by atoms with E-state index in [0.29, 0.717) is 23.7 Å². The number of para-hydroxylation sites is 1. The van der Waals surface area contributed by atoms with Crippen LogP contribution in [-0.2, 0) is 22.7 Å². The summed E-state index contributed by atoms with van der Waals surface area (Å²) in [5.41, 5.74) is 6.16. The number of hydrogen-bond donors (Lipinski definition) is 4. The molecular weight excluding hydrogens is 507 g/mol. The molecule has 1 aliphatic carbocycles. The Morgan fingerprint density at radius 3 is 2.59 bits per heavy atom.